The molecule has 1 aliphatic carbocycles. The van der Waals surface area contributed by atoms with Crippen molar-refractivity contribution in [1.29, 1.82) is 0 Å². The van der Waals surface area contributed by atoms with Crippen molar-refractivity contribution in [3.8, 4) is 16.9 Å². The number of aliphatic imine (C=N–C) groups is 1. The number of halogens is 1. The summed E-state index contributed by atoms with van der Waals surface area (Å²) in [5.74, 6) is 1.04. The molecule has 0 spiro atoms. The van der Waals surface area contributed by atoms with Gasteiger partial charge in [0.15, 0.2) is 0 Å². The minimum atomic E-state index is -0.394. The summed E-state index contributed by atoms with van der Waals surface area (Å²) in [4.78, 5) is 25.4. The van der Waals surface area contributed by atoms with E-state index in [1.807, 2.05) is 37.3 Å². The highest BCUT2D eigenvalue weighted by atomic mass is 19.1. The summed E-state index contributed by atoms with van der Waals surface area (Å²) in [6.07, 6.45) is 12.4. The summed E-state index contributed by atoms with van der Waals surface area (Å²) in [6, 6.07) is 14.7. The van der Waals surface area contributed by atoms with Gasteiger partial charge in [-0.1, -0.05) is 37.5 Å². The Morgan fingerprint density at radius 1 is 1.13 bits per heavy atom. The smallest absolute Gasteiger partial charge is 0.354 e. The maximum atomic E-state index is 15.3. The average molecular weight is 641 g/mol. The zero-order chi connectivity index (χ0) is 33.1. The van der Waals surface area contributed by atoms with Gasteiger partial charge in [-0.15, -0.1) is 0 Å². The molecule has 47 heavy (non-hydrogen) atoms. The molecule has 0 radical (unpaired) electrons. The zero-order valence-electron chi connectivity index (χ0n) is 27.6. The summed E-state index contributed by atoms with van der Waals surface area (Å²) < 4.78 is 16.9. The predicted molar refractivity (Wildman–Crippen MR) is 188 cm³/mol. The maximum Gasteiger partial charge on any atom is 0.354 e. The quantitative estimate of drug-likeness (QED) is 0.0953. The number of piperidine rings is 1. The van der Waals surface area contributed by atoms with Crippen LogP contribution in [0.3, 0.4) is 0 Å². The number of rotatable bonds is 13. The normalized spacial score (nSPS) is 20.1. The number of amidine groups is 1. The molecule has 2 aromatic carbocycles. The van der Waals surface area contributed by atoms with Gasteiger partial charge in [0.25, 0.3) is 0 Å². The van der Waals surface area contributed by atoms with E-state index >= 15 is 4.39 Å². The van der Waals surface area contributed by atoms with E-state index in [1.54, 1.807) is 17.7 Å². The van der Waals surface area contributed by atoms with Gasteiger partial charge >= 0.3 is 5.69 Å². The van der Waals surface area contributed by atoms with Gasteiger partial charge in [0, 0.05) is 35.3 Å². The highest BCUT2D eigenvalue weighted by molar-refractivity contribution is 5.83. The molecule has 0 bridgehead atoms. The van der Waals surface area contributed by atoms with Crippen molar-refractivity contribution in [3.05, 3.63) is 81.7 Å². The first kappa shape index (κ1) is 33.1. The molecule has 10 heteroatoms. The highest BCUT2D eigenvalue weighted by Gasteiger charge is 2.29. The van der Waals surface area contributed by atoms with Crippen LogP contribution in [0, 0.1) is 18.7 Å². The van der Waals surface area contributed by atoms with E-state index < -0.39 is 5.69 Å². The number of hydrogen-bond donors (Lipinski definition) is 5. The van der Waals surface area contributed by atoms with Crippen molar-refractivity contribution >= 4 is 16.9 Å². The number of nitrogens with two attached hydrogens (primary N) is 3. The van der Waals surface area contributed by atoms with E-state index in [0.717, 1.165) is 73.9 Å². The Balaban J connectivity index is 1.18. The SMILES string of the molecule is Cc1cc(CCC[C@H](C)N)cc(-c2cc3cn(-c4ccc([C@@H]5CCC[C@@H](C[C@@H](CC6CC6)N=C(N)CN)N5)cc4)c(=O)nc3[nH]2)c1F. The van der Waals surface area contributed by atoms with Gasteiger partial charge in [-0.3, -0.25) is 9.56 Å². The lowest BCUT2D eigenvalue weighted by Gasteiger charge is -2.33. The Morgan fingerprint density at radius 2 is 1.91 bits per heavy atom. The molecule has 3 heterocycles. The van der Waals surface area contributed by atoms with E-state index in [-0.39, 0.29) is 23.9 Å². The number of aromatic amines is 1. The van der Waals surface area contributed by atoms with Crippen molar-refractivity contribution in [3.63, 3.8) is 0 Å². The molecule has 0 unspecified atom stereocenters. The van der Waals surface area contributed by atoms with Crippen LogP contribution in [0.15, 0.2) is 58.4 Å². The van der Waals surface area contributed by atoms with Gasteiger partial charge in [0.1, 0.15) is 17.3 Å². The van der Waals surface area contributed by atoms with Crippen LogP contribution in [0.5, 0.6) is 0 Å². The summed E-state index contributed by atoms with van der Waals surface area (Å²) >= 11 is 0. The number of H-pyrrole nitrogens is 1. The number of nitrogens with zero attached hydrogens (tertiary/aromatic N) is 3. The Hall–Kier alpha value is -3.86. The van der Waals surface area contributed by atoms with E-state index in [9.17, 15) is 4.79 Å². The summed E-state index contributed by atoms with van der Waals surface area (Å²) in [5, 5.41) is 4.60. The lowest BCUT2D eigenvalue weighted by Crippen LogP contribution is -2.39. The van der Waals surface area contributed by atoms with E-state index in [1.165, 1.54) is 18.4 Å². The van der Waals surface area contributed by atoms with Crippen molar-refractivity contribution in [2.45, 2.75) is 102 Å². The number of aromatic nitrogens is 3. The standard InChI is InChI=1S/C37H49FN8O/c1-22-15-25(6-3-5-23(2)40)17-31(35(22)38)33-18-27-21-46(37(47)45-36(27)44-33)30-13-11-26(12-14-30)32-8-4-7-28(42-32)19-29(16-24-9-10-24)43-34(41)20-39/h11-15,17-18,21,23-24,28-29,32,42H,3-10,16,19-20,39-40H2,1-2H3,(H2,41,43)(H,44,45,47)/t23-,28-,29+,32-/m0/s1. The van der Waals surface area contributed by atoms with Gasteiger partial charge < -0.3 is 27.5 Å². The van der Waals surface area contributed by atoms with Gasteiger partial charge in [0.2, 0.25) is 0 Å². The lowest BCUT2D eigenvalue weighted by atomic mass is 9.89. The van der Waals surface area contributed by atoms with Crippen molar-refractivity contribution in [1.82, 2.24) is 19.9 Å². The summed E-state index contributed by atoms with van der Waals surface area (Å²) in [5.41, 5.74) is 22.4. The van der Waals surface area contributed by atoms with Gasteiger partial charge in [-0.2, -0.15) is 4.98 Å². The fourth-order valence-electron chi connectivity index (χ4n) is 7.03. The maximum absolute atomic E-state index is 15.3. The fourth-order valence-corrected chi connectivity index (χ4v) is 7.03. The Labute approximate surface area is 276 Å². The Kier molecular flexibility index (Phi) is 10.2. The van der Waals surface area contributed by atoms with Gasteiger partial charge in [-0.25, -0.2) is 9.18 Å². The molecule has 2 aromatic heterocycles. The summed E-state index contributed by atoms with van der Waals surface area (Å²) in [7, 11) is 0. The van der Waals surface area contributed by atoms with Crippen LogP contribution in [0.1, 0.15) is 87.4 Å². The van der Waals surface area contributed by atoms with Crippen LogP contribution in [-0.4, -0.2) is 45.0 Å². The number of aryl methyl sites for hydroxylation is 2. The fraction of sp³-hybridized carbons (Fsp3) is 0.486. The minimum absolute atomic E-state index is 0.138. The second-order valence-electron chi connectivity index (χ2n) is 13.9. The van der Waals surface area contributed by atoms with Crippen molar-refractivity contribution in [2.75, 3.05) is 6.54 Å². The first-order chi connectivity index (χ1) is 22.7. The average Bonchev–Trinajstić information content (AvgIpc) is 3.78. The van der Waals surface area contributed by atoms with Crippen LogP contribution < -0.4 is 28.2 Å². The molecule has 1 saturated carbocycles. The number of benzene rings is 2. The molecule has 4 aromatic rings. The molecular weight excluding hydrogens is 591 g/mol. The Bertz CT molecular complexity index is 1770. The van der Waals surface area contributed by atoms with E-state index in [2.05, 4.69) is 27.4 Å². The monoisotopic (exact) mass is 640 g/mol. The largest absolute Gasteiger partial charge is 0.386 e. The molecule has 6 rings (SSSR count). The lowest BCUT2D eigenvalue weighted by molar-refractivity contribution is 0.293. The van der Waals surface area contributed by atoms with E-state index in [4.69, 9.17) is 22.2 Å². The van der Waals surface area contributed by atoms with Crippen molar-refractivity contribution in [2.24, 2.45) is 28.1 Å². The zero-order valence-corrected chi connectivity index (χ0v) is 27.6. The molecule has 4 atom stereocenters. The Morgan fingerprint density at radius 3 is 2.64 bits per heavy atom. The number of nitrogens with one attached hydrogen (secondary N) is 2. The van der Waals surface area contributed by atoms with Crippen molar-refractivity contribution < 1.29 is 4.39 Å². The molecule has 0 amide bonds. The predicted octanol–water partition coefficient (Wildman–Crippen LogP) is 5.56. The second-order valence-corrected chi connectivity index (χ2v) is 13.9. The molecule has 1 aliphatic heterocycles. The first-order valence-electron chi connectivity index (χ1n) is 17.2. The number of hydrogen-bond acceptors (Lipinski definition) is 6. The van der Waals surface area contributed by atoms with Crippen LogP contribution in [0.4, 0.5) is 4.39 Å². The molecule has 8 N–H and O–H groups in total. The van der Waals surface area contributed by atoms with Crippen LogP contribution in [0.2, 0.25) is 0 Å². The van der Waals surface area contributed by atoms with Gasteiger partial charge in [-0.05, 0) is 106 Å². The molecular formula is C37H49FN8O. The van der Waals surface area contributed by atoms with Crippen LogP contribution in [0.25, 0.3) is 28.0 Å². The molecule has 9 nitrogen and oxygen atoms in total. The second kappa shape index (κ2) is 14.5. The molecule has 250 valence electrons. The molecule has 2 fully saturated rings. The van der Waals surface area contributed by atoms with Gasteiger partial charge in [0.05, 0.1) is 24.0 Å². The van der Waals surface area contributed by atoms with Crippen LogP contribution >= 0.6 is 0 Å². The third-order valence-corrected chi connectivity index (χ3v) is 9.71. The number of fused-ring (bicyclic) bond motifs is 1. The first-order valence-corrected chi connectivity index (χ1v) is 17.2. The third kappa shape index (κ3) is 8.17. The topological polar surface area (TPSA) is 153 Å². The minimum Gasteiger partial charge on any atom is -0.386 e. The van der Waals surface area contributed by atoms with Crippen LogP contribution in [-0.2, 0) is 6.42 Å². The third-order valence-electron chi connectivity index (χ3n) is 9.71. The van der Waals surface area contributed by atoms with E-state index in [0.29, 0.717) is 40.9 Å². The summed E-state index contributed by atoms with van der Waals surface area (Å²) in [6.45, 7) is 4.08. The highest BCUT2D eigenvalue weighted by Crippen LogP contribution is 2.36. The molecule has 1 saturated heterocycles. The molecule has 2 aliphatic rings.